The van der Waals surface area contributed by atoms with Gasteiger partial charge in [-0.25, -0.2) is 4.98 Å². The average molecular weight is 284 g/mol. The van der Waals surface area contributed by atoms with E-state index in [-0.39, 0.29) is 5.91 Å². The van der Waals surface area contributed by atoms with Gasteiger partial charge in [0.25, 0.3) is 5.91 Å². The predicted octanol–water partition coefficient (Wildman–Crippen LogP) is 3.96. The van der Waals surface area contributed by atoms with E-state index in [2.05, 4.69) is 10.3 Å². The molecular formula is C15H12N2O2S. The maximum Gasteiger partial charge on any atom is 0.266 e. The molecule has 3 aromatic rings. The summed E-state index contributed by atoms with van der Waals surface area (Å²) in [5, 5.41) is 4.67. The minimum Gasteiger partial charge on any atom is -0.464 e. The van der Waals surface area contributed by atoms with Gasteiger partial charge in [-0.1, -0.05) is 6.07 Å². The quantitative estimate of drug-likeness (QED) is 0.792. The molecule has 0 fully saturated rings. The molecule has 3 rings (SSSR count). The smallest absolute Gasteiger partial charge is 0.266 e. The molecule has 0 aliphatic carbocycles. The molecule has 0 atom stereocenters. The Morgan fingerprint density at radius 2 is 2.25 bits per heavy atom. The molecule has 3 heterocycles. The minimum atomic E-state index is -0.163. The van der Waals surface area contributed by atoms with Gasteiger partial charge < -0.3 is 9.73 Å². The summed E-state index contributed by atoms with van der Waals surface area (Å²) in [6.45, 7) is 1.95. The summed E-state index contributed by atoms with van der Waals surface area (Å²) in [7, 11) is 0. The number of hydrogen-bond acceptors (Lipinski definition) is 4. The van der Waals surface area contributed by atoms with Crippen molar-refractivity contribution in [3.63, 3.8) is 0 Å². The normalized spacial score (nSPS) is 10.4. The van der Waals surface area contributed by atoms with Crippen molar-refractivity contribution in [2.24, 2.45) is 0 Å². The molecule has 0 unspecified atom stereocenters. The van der Waals surface area contributed by atoms with Crippen LogP contribution in [0.3, 0.4) is 0 Å². The van der Waals surface area contributed by atoms with E-state index < -0.39 is 0 Å². The van der Waals surface area contributed by atoms with Crippen LogP contribution in [0.15, 0.2) is 52.6 Å². The van der Waals surface area contributed by atoms with Crippen LogP contribution in [0.5, 0.6) is 0 Å². The van der Waals surface area contributed by atoms with Crippen LogP contribution in [0.25, 0.3) is 11.3 Å². The third-order valence-corrected chi connectivity index (χ3v) is 3.71. The molecule has 0 spiro atoms. The summed E-state index contributed by atoms with van der Waals surface area (Å²) < 4.78 is 5.31. The number of pyridine rings is 1. The number of furan rings is 1. The van der Waals surface area contributed by atoms with Crippen molar-refractivity contribution in [1.29, 1.82) is 0 Å². The molecule has 0 saturated heterocycles. The lowest BCUT2D eigenvalue weighted by Crippen LogP contribution is -2.11. The second-order valence-electron chi connectivity index (χ2n) is 4.35. The Bertz CT molecular complexity index is 715. The monoisotopic (exact) mass is 284 g/mol. The van der Waals surface area contributed by atoms with E-state index in [0.717, 1.165) is 16.9 Å². The fourth-order valence-electron chi connectivity index (χ4n) is 1.75. The number of aryl methyl sites for hydroxylation is 1. The molecule has 5 heteroatoms. The minimum absolute atomic E-state index is 0.163. The topological polar surface area (TPSA) is 55.1 Å². The van der Waals surface area contributed by atoms with Crippen molar-refractivity contribution in [1.82, 2.24) is 4.98 Å². The Morgan fingerprint density at radius 1 is 1.35 bits per heavy atom. The van der Waals surface area contributed by atoms with Crippen LogP contribution in [0.4, 0.5) is 5.82 Å². The zero-order chi connectivity index (χ0) is 13.9. The molecule has 0 aromatic carbocycles. The number of amides is 1. The number of thiophene rings is 1. The number of hydrogen-bond donors (Lipinski definition) is 1. The Hall–Kier alpha value is -2.40. The molecule has 1 N–H and O–H groups in total. The van der Waals surface area contributed by atoms with Gasteiger partial charge in [0.15, 0.2) is 0 Å². The third kappa shape index (κ3) is 2.62. The molecular weight excluding hydrogens is 272 g/mol. The first-order valence-electron chi connectivity index (χ1n) is 6.09. The second kappa shape index (κ2) is 5.30. The third-order valence-electron chi connectivity index (χ3n) is 2.78. The van der Waals surface area contributed by atoms with Crippen molar-refractivity contribution < 1.29 is 9.21 Å². The first-order chi connectivity index (χ1) is 9.72. The van der Waals surface area contributed by atoms with Crippen LogP contribution >= 0.6 is 11.3 Å². The van der Waals surface area contributed by atoms with Gasteiger partial charge in [-0.15, -0.1) is 11.3 Å². The van der Waals surface area contributed by atoms with E-state index in [0.29, 0.717) is 10.7 Å². The molecule has 0 radical (unpaired) electrons. The molecule has 1 amide bonds. The van der Waals surface area contributed by atoms with E-state index in [1.807, 2.05) is 36.6 Å². The highest BCUT2D eigenvalue weighted by molar-refractivity contribution is 7.12. The fraction of sp³-hybridized carbons (Fsp3) is 0.0667. The Labute approximate surface area is 120 Å². The van der Waals surface area contributed by atoms with Crippen LogP contribution < -0.4 is 5.32 Å². The van der Waals surface area contributed by atoms with Crippen molar-refractivity contribution in [3.05, 3.63) is 58.6 Å². The first kappa shape index (κ1) is 12.6. The Morgan fingerprint density at radius 3 is 2.95 bits per heavy atom. The lowest BCUT2D eigenvalue weighted by atomic mass is 10.2. The number of anilines is 1. The number of rotatable bonds is 3. The van der Waals surface area contributed by atoms with Crippen molar-refractivity contribution in [2.75, 3.05) is 5.32 Å². The van der Waals surface area contributed by atoms with Gasteiger partial charge in [-0.2, -0.15) is 0 Å². The number of aromatic nitrogens is 1. The number of carbonyl (C=O) groups is 1. The zero-order valence-electron chi connectivity index (χ0n) is 10.8. The van der Waals surface area contributed by atoms with E-state index in [1.165, 1.54) is 11.3 Å². The van der Waals surface area contributed by atoms with Crippen LogP contribution in [0.1, 0.15) is 15.2 Å². The van der Waals surface area contributed by atoms with Gasteiger partial charge in [0.2, 0.25) is 0 Å². The van der Waals surface area contributed by atoms with E-state index in [9.17, 15) is 4.79 Å². The maximum absolute atomic E-state index is 12.1. The van der Waals surface area contributed by atoms with Crippen LogP contribution in [-0.4, -0.2) is 10.9 Å². The van der Waals surface area contributed by atoms with Crippen LogP contribution in [0, 0.1) is 6.92 Å². The summed E-state index contributed by atoms with van der Waals surface area (Å²) in [6, 6.07) is 9.20. The van der Waals surface area contributed by atoms with Crippen LogP contribution in [0.2, 0.25) is 0 Å². The summed E-state index contributed by atoms with van der Waals surface area (Å²) in [5.41, 5.74) is 1.96. The van der Waals surface area contributed by atoms with Gasteiger partial charge in [0, 0.05) is 17.1 Å². The van der Waals surface area contributed by atoms with Crippen molar-refractivity contribution >= 4 is 23.1 Å². The van der Waals surface area contributed by atoms with E-state index >= 15 is 0 Å². The fourth-order valence-corrected chi connectivity index (χ4v) is 2.54. The molecule has 20 heavy (non-hydrogen) atoms. The zero-order valence-corrected chi connectivity index (χ0v) is 11.6. The molecule has 0 aliphatic rings. The largest absolute Gasteiger partial charge is 0.464 e. The van der Waals surface area contributed by atoms with Gasteiger partial charge in [-0.3, -0.25) is 4.79 Å². The number of carbonyl (C=O) groups excluding carboxylic acids is 1. The molecule has 0 aliphatic heterocycles. The number of nitrogens with one attached hydrogen (secondary N) is 1. The molecule has 3 aromatic heterocycles. The lowest BCUT2D eigenvalue weighted by molar-refractivity contribution is 0.103. The number of nitrogens with zero attached hydrogens (tertiary/aromatic N) is 1. The van der Waals surface area contributed by atoms with Gasteiger partial charge >= 0.3 is 0 Å². The highest BCUT2D eigenvalue weighted by Crippen LogP contribution is 2.26. The average Bonchev–Trinajstić information content (AvgIpc) is 3.11. The summed E-state index contributed by atoms with van der Waals surface area (Å²) in [4.78, 5) is 16.9. The Kier molecular flexibility index (Phi) is 3.35. The lowest BCUT2D eigenvalue weighted by Gasteiger charge is -2.02. The standard InChI is InChI=1S/C15H12N2O2S/c1-10-4-5-14(16-8-10)17-15(18)13-7-11(9-20-13)12-3-2-6-19-12/h2-9H,1H3,(H,16,17,18). The molecule has 0 saturated carbocycles. The summed E-state index contributed by atoms with van der Waals surface area (Å²) in [6.07, 6.45) is 3.33. The van der Waals surface area contributed by atoms with Gasteiger partial charge in [0.05, 0.1) is 11.1 Å². The van der Waals surface area contributed by atoms with Crippen molar-refractivity contribution in [3.8, 4) is 11.3 Å². The second-order valence-corrected chi connectivity index (χ2v) is 5.26. The molecule has 4 nitrogen and oxygen atoms in total. The highest BCUT2D eigenvalue weighted by Gasteiger charge is 2.12. The Balaban J connectivity index is 1.76. The van der Waals surface area contributed by atoms with Crippen molar-refractivity contribution in [2.45, 2.75) is 6.92 Å². The summed E-state index contributed by atoms with van der Waals surface area (Å²) >= 11 is 1.38. The first-order valence-corrected chi connectivity index (χ1v) is 6.97. The van der Waals surface area contributed by atoms with E-state index in [4.69, 9.17) is 4.42 Å². The SMILES string of the molecule is Cc1ccc(NC(=O)c2cc(-c3ccco3)cs2)nc1. The highest BCUT2D eigenvalue weighted by atomic mass is 32.1. The van der Waals surface area contributed by atoms with Gasteiger partial charge in [-0.05, 0) is 36.8 Å². The summed E-state index contributed by atoms with van der Waals surface area (Å²) in [5.74, 6) is 1.14. The predicted molar refractivity (Wildman–Crippen MR) is 78.9 cm³/mol. The molecule has 100 valence electrons. The van der Waals surface area contributed by atoms with Crippen LogP contribution in [-0.2, 0) is 0 Å². The maximum atomic E-state index is 12.1. The van der Waals surface area contributed by atoms with Gasteiger partial charge in [0.1, 0.15) is 11.6 Å². The molecule has 0 bridgehead atoms. The van der Waals surface area contributed by atoms with E-state index in [1.54, 1.807) is 18.5 Å².